The van der Waals surface area contributed by atoms with Crippen LogP contribution in [0.15, 0.2) is 48.5 Å². The van der Waals surface area contributed by atoms with E-state index in [0.29, 0.717) is 22.7 Å². The van der Waals surface area contributed by atoms with Crippen molar-refractivity contribution in [1.82, 2.24) is 0 Å². The summed E-state index contributed by atoms with van der Waals surface area (Å²) in [6, 6.07) is 13.2. The van der Waals surface area contributed by atoms with Crippen LogP contribution in [0.5, 0.6) is 11.5 Å². The van der Waals surface area contributed by atoms with Crippen molar-refractivity contribution in [2.45, 2.75) is 25.7 Å². The van der Waals surface area contributed by atoms with Crippen LogP contribution in [0.3, 0.4) is 0 Å². The van der Waals surface area contributed by atoms with E-state index >= 15 is 0 Å². The van der Waals surface area contributed by atoms with Gasteiger partial charge in [0, 0.05) is 0 Å². The van der Waals surface area contributed by atoms with Crippen LogP contribution in [0.1, 0.15) is 36.0 Å². The second-order valence-electron chi connectivity index (χ2n) is 7.12. The Balaban J connectivity index is 1.49. The molecule has 2 amide bonds. The summed E-state index contributed by atoms with van der Waals surface area (Å²) >= 11 is 0. The van der Waals surface area contributed by atoms with Gasteiger partial charge in [0.15, 0.2) is 0 Å². The SMILES string of the molecule is COc1cccc(C(=O)Oc2ccc(N3C(=O)[C@H]4CCCC[C@@H]4C3=O)cc2)c1. The highest BCUT2D eigenvalue weighted by molar-refractivity contribution is 6.22. The number of hydrogen-bond acceptors (Lipinski definition) is 5. The van der Waals surface area contributed by atoms with Crippen LogP contribution in [0.2, 0.25) is 0 Å². The molecule has 1 aliphatic carbocycles. The van der Waals surface area contributed by atoms with E-state index in [4.69, 9.17) is 9.47 Å². The average Bonchev–Trinajstić information content (AvgIpc) is 2.99. The lowest BCUT2D eigenvalue weighted by Crippen LogP contribution is -2.30. The summed E-state index contributed by atoms with van der Waals surface area (Å²) in [6.07, 6.45) is 3.55. The minimum absolute atomic E-state index is 0.115. The number of imide groups is 1. The highest BCUT2D eigenvalue weighted by atomic mass is 16.5. The summed E-state index contributed by atoms with van der Waals surface area (Å²) in [5.41, 5.74) is 0.892. The molecule has 2 aromatic carbocycles. The van der Waals surface area contributed by atoms with E-state index in [1.54, 1.807) is 48.5 Å². The average molecular weight is 379 g/mol. The van der Waals surface area contributed by atoms with Gasteiger partial charge in [-0.25, -0.2) is 4.79 Å². The Labute approximate surface area is 163 Å². The van der Waals surface area contributed by atoms with Gasteiger partial charge in [-0.2, -0.15) is 0 Å². The minimum Gasteiger partial charge on any atom is -0.497 e. The van der Waals surface area contributed by atoms with E-state index < -0.39 is 5.97 Å². The Hall–Kier alpha value is -3.15. The van der Waals surface area contributed by atoms with Crippen LogP contribution in [0.25, 0.3) is 0 Å². The van der Waals surface area contributed by atoms with Crippen molar-refractivity contribution < 1.29 is 23.9 Å². The predicted molar refractivity (Wildman–Crippen MR) is 102 cm³/mol. The van der Waals surface area contributed by atoms with Gasteiger partial charge in [-0.3, -0.25) is 14.5 Å². The monoisotopic (exact) mass is 379 g/mol. The zero-order valence-electron chi connectivity index (χ0n) is 15.6. The maximum absolute atomic E-state index is 12.7. The van der Waals surface area contributed by atoms with Gasteiger partial charge in [0.1, 0.15) is 11.5 Å². The third-order valence-corrected chi connectivity index (χ3v) is 5.45. The number of fused-ring (bicyclic) bond motifs is 1. The molecule has 28 heavy (non-hydrogen) atoms. The van der Waals surface area contributed by atoms with Gasteiger partial charge >= 0.3 is 5.97 Å². The summed E-state index contributed by atoms with van der Waals surface area (Å²) < 4.78 is 10.5. The van der Waals surface area contributed by atoms with Crippen molar-refractivity contribution >= 4 is 23.5 Å². The summed E-state index contributed by atoms with van der Waals surface area (Å²) in [5, 5.41) is 0. The fourth-order valence-corrected chi connectivity index (χ4v) is 4.00. The molecule has 6 nitrogen and oxygen atoms in total. The first-order valence-corrected chi connectivity index (χ1v) is 9.42. The molecule has 2 aromatic rings. The van der Waals surface area contributed by atoms with Gasteiger partial charge in [0.25, 0.3) is 0 Å². The number of methoxy groups -OCH3 is 1. The second-order valence-corrected chi connectivity index (χ2v) is 7.12. The topological polar surface area (TPSA) is 72.9 Å². The van der Waals surface area contributed by atoms with Gasteiger partial charge in [0.05, 0.1) is 30.2 Å². The summed E-state index contributed by atoms with van der Waals surface area (Å²) in [5.74, 6) is -0.207. The Kier molecular flexibility index (Phi) is 4.86. The van der Waals surface area contributed by atoms with Crippen LogP contribution in [-0.2, 0) is 9.59 Å². The number of carbonyl (C=O) groups is 3. The Morgan fingerprint density at radius 2 is 1.57 bits per heavy atom. The molecular weight excluding hydrogens is 358 g/mol. The zero-order valence-corrected chi connectivity index (χ0v) is 15.6. The van der Waals surface area contributed by atoms with Gasteiger partial charge in [-0.05, 0) is 55.3 Å². The third kappa shape index (κ3) is 3.26. The smallest absolute Gasteiger partial charge is 0.343 e. The molecule has 1 aliphatic heterocycles. The van der Waals surface area contributed by atoms with Crippen LogP contribution in [0.4, 0.5) is 5.69 Å². The van der Waals surface area contributed by atoms with Crippen molar-refractivity contribution in [3.05, 3.63) is 54.1 Å². The molecule has 1 saturated heterocycles. The van der Waals surface area contributed by atoms with Crippen molar-refractivity contribution in [3.63, 3.8) is 0 Å². The van der Waals surface area contributed by atoms with Gasteiger partial charge in [-0.15, -0.1) is 0 Å². The number of nitrogens with zero attached hydrogens (tertiary/aromatic N) is 1. The standard InChI is InChI=1S/C22H21NO5/c1-27-17-6-4-5-14(13-17)22(26)28-16-11-9-15(10-12-16)23-20(24)18-7-2-3-8-19(18)21(23)25/h4-6,9-13,18-19H,2-3,7-8H2,1H3/t18-,19-/m0/s1. The maximum atomic E-state index is 12.7. The fraction of sp³-hybridized carbons (Fsp3) is 0.318. The Morgan fingerprint density at radius 1 is 0.929 bits per heavy atom. The molecule has 1 saturated carbocycles. The lowest BCUT2D eigenvalue weighted by atomic mass is 9.81. The molecule has 0 N–H and O–H groups in total. The minimum atomic E-state index is -0.508. The van der Waals surface area contributed by atoms with E-state index in [2.05, 4.69) is 0 Å². The van der Waals surface area contributed by atoms with E-state index in [0.717, 1.165) is 25.7 Å². The number of benzene rings is 2. The highest BCUT2D eigenvalue weighted by Gasteiger charge is 2.48. The molecule has 2 fully saturated rings. The number of ether oxygens (including phenoxy) is 2. The number of rotatable bonds is 4. The van der Waals surface area contributed by atoms with Crippen LogP contribution in [-0.4, -0.2) is 24.9 Å². The zero-order chi connectivity index (χ0) is 19.7. The first kappa shape index (κ1) is 18.2. The molecule has 144 valence electrons. The molecule has 6 heteroatoms. The molecular formula is C22H21NO5. The molecule has 0 radical (unpaired) electrons. The second kappa shape index (κ2) is 7.46. The van der Waals surface area contributed by atoms with Crippen molar-refractivity contribution in [2.75, 3.05) is 12.0 Å². The van der Waals surface area contributed by atoms with Crippen molar-refractivity contribution in [3.8, 4) is 11.5 Å². The number of anilines is 1. The predicted octanol–water partition coefficient (Wildman–Crippen LogP) is 3.59. The molecule has 2 atom stereocenters. The number of hydrogen-bond donors (Lipinski definition) is 0. The van der Waals surface area contributed by atoms with Crippen LogP contribution in [0, 0.1) is 11.8 Å². The Morgan fingerprint density at radius 3 is 2.18 bits per heavy atom. The lowest BCUT2D eigenvalue weighted by molar-refractivity contribution is -0.122. The van der Waals surface area contributed by atoms with Gasteiger partial charge in [0.2, 0.25) is 11.8 Å². The fourth-order valence-electron chi connectivity index (χ4n) is 4.00. The summed E-state index contributed by atoms with van der Waals surface area (Å²) in [7, 11) is 1.53. The van der Waals surface area contributed by atoms with Gasteiger partial charge in [-0.1, -0.05) is 18.9 Å². The summed E-state index contributed by atoms with van der Waals surface area (Å²) in [4.78, 5) is 38.9. The lowest BCUT2D eigenvalue weighted by Gasteiger charge is -2.19. The van der Waals surface area contributed by atoms with E-state index in [9.17, 15) is 14.4 Å². The molecule has 0 aromatic heterocycles. The van der Waals surface area contributed by atoms with Gasteiger partial charge < -0.3 is 9.47 Å². The highest BCUT2D eigenvalue weighted by Crippen LogP contribution is 2.40. The molecule has 4 rings (SSSR count). The largest absolute Gasteiger partial charge is 0.497 e. The van der Waals surface area contributed by atoms with E-state index in [-0.39, 0.29) is 23.7 Å². The molecule has 0 bridgehead atoms. The molecule has 0 unspecified atom stereocenters. The third-order valence-electron chi connectivity index (χ3n) is 5.45. The first-order chi connectivity index (χ1) is 13.6. The molecule has 0 spiro atoms. The van der Waals surface area contributed by atoms with Crippen molar-refractivity contribution in [2.24, 2.45) is 11.8 Å². The van der Waals surface area contributed by atoms with E-state index in [1.807, 2.05) is 0 Å². The first-order valence-electron chi connectivity index (χ1n) is 9.42. The van der Waals surface area contributed by atoms with Crippen LogP contribution >= 0.6 is 0 Å². The van der Waals surface area contributed by atoms with Crippen molar-refractivity contribution in [1.29, 1.82) is 0 Å². The quantitative estimate of drug-likeness (QED) is 0.461. The summed E-state index contributed by atoms with van der Waals surface area (Å²) in [6.45, 7) is 0. The Bertz CT molecular complexity index is 897. The van der Waals surface area contributed by atoms with Crippen LogP contribution < -0.4 is 14.4 Å². The normalized spacial score (nSPS) is 21.4. The maximum Gasteiger partial charge on any atom is 0.343 e. The number of carbonyl (C=O) groups excluding carboxylic acids is 3. The molecule has 2 aliphatic rings. The molecule has 1 heterocycles. The van der Waals surface area contributed by atoms with E-state index in [1.165, 1.54) is 12.0 Å². The number of esters is 1. The number of amides is 2.